The van der Waals surface area contributed by atoms with Crippen LogP contribution >= 0.6 is 0 Å². The van der Waals surface area contributed by atoms with Gasteiger partial charge in [0.25, 0.3) is 0 Å². The van der Waals surface area contributed by atoms with Gasteiger partial charge in [-0.3, -0.25) is 15.5 Å². The van der Waals surface area contributed by atoms with Crippen LogP contribution in [-0.2, 0) is 4.79 Å². The molecule has 7 heteroatoms. The van der Waals surface area contributed by atoms with E-state index in [1.54, 1.807) is 6.20 Å². The number of likely N-dealkylation sites (tertiary alicyclic amines) is 1. The van der Waals surface area contributed by atoms with Crippen molar-refractivity contribution in [2.24, 2.45) is 0 Å². The summed E-state index contributed by atoms with van der Waals surface area (Å²) in [4.78, 5) is 22.5. The molecule has 0 radical (unpaired) electrons. The molecule has 1 amide bonds. The molecule has 2 heterocycles. The lowest BCUT2D eigenvalue weighted by Gasteiger charge is -2.22. The molecule has 1 fully saturated rings. The van der Waals surface area contributed by atoms with Crippen molar-refractivity contribution in [3.05, 3.63) is 90.4 Å². The second-order valence-electron chi connectivity index (χ2n) is 8.11. The monoisotopic (exact) mass is 442 g/mol. The number of carbonyl (C=O) groups excluding carboxylic acids is 1. The fraction of sp³-hybridized carbons (Fsp3) is 0.231. The summed E-state index contributed by atoms with van der Waals surface area (Å²) in [7, 11) is 0. The number of aromatic nitrogens is 2. The zero-order valence-electron chi connectivity index (χ0n) is 18.7. The van der Waals surface area contributed by atoms with Crippen LogP contribution < -0.4 is 10.1 Å². The van der Waals surface area contributed by atoms with E-state index in [1.807, 2.05) is 65.7 Å². The van der Waals surface area contributed by atoms with Crippen molar-refractivity contribution >= 4 is 17.4 Å². The Kier molecular flexibility index (Phi) is 6.90. The maximum atomic E-state index is 12.1. The van der Waals surface area contributed by atoms with Gasteiger partial charge in [-0.1, -0.05) is 18.7 Å². The summed E-state index contributed by atoms with van der Waals surface area (Å²) in [6.45, 7) is 7.06. The average Bonchev–Trinajstić information content (AvgIpc) is 3.31. The van der Waals surface area contributed by atoms with Gasteiger partial charge in [-0.25, -0.2) is 4.98 Å². The second kappa shape index (κ2) is 10.2. The number of aryl methyl sites for hydroxylation is 1. The average molecular weight is 443 g/mol. The standard InChI is InChI=1S/C26H27N5O2/c1-3-24(32)31-13-5-7-20(31)15-29-26-23(16-28-17-30-26)25(27)19-9-11-21(12-10-19)33-22-8-4-6-18(2)14-22/h3-4,6,8-12,14,16-17,20,27H,1,5,7,13,15H2,2H3,(H,28,29,30)/p+1. The minimum atomic E-state index is -0.0328. The Balaban J connectivity index is 1.45. The molecule has 0 aliphatic carbocycles. The molecular formula is C26H28N5O2+. The van der Waals surface area contributed by atoms with Gasteiger partial charge in [-0.15, -0.1) is 0 Å². The molecule has 7 nitrogen and oxygen atoms in total. The molecule has 1 saturated heterocycles. The number of nitrogens with one attached hydrogen (secondary N) is 1. The van der Waals surface area contributed by atoms with Crippen LogP contribution in [0.1, 0.15) is 29.5 Å². The van der Waals surface area contributed by atoms with E-state index in [0.717, 1.165) is 36.3 Å². The summed E-state index contributed by atoms with van der Waals surface area (Å²) in [5.41, 5.74) is 2.88. The first-order valence-corrected chi connectivity index (χ1v) is 11.1. The number of nitrogens with zero attached hydrogens (tertiary/aromatic N) is 3. The number of hydrogen-bond acceptors (Lipinski definition) is 5. The molecule has 4 rings (SSSR count). The summed E-state index contributed by atoms with van der Waals surface area (Å²) in [5, 5.41) is 10.7. The number of ether oxygens (including phenoxy) is 1. The van der Waals surface area contributed by atoms with Gasteiger partial charge in [0, 0.05) is 18.3 Å². The maximum absolute atomic E-state index is 12.1. The zero-order chi connectivity index (χ0) is 23.2. The van der Waals surface area contributed by atoms with Gasteiger partial charge in [0.1, 0.15) is 24.4 Å². The number of hydrogen-bond donors (Lipinski definition) is 2. The van der Waals surface area contributed by atoms with E-state index in [4.69, 9.17) is 10.1 Å². The fourth-order valence-electron chi connectivity index (χ4n) is 4.09. The van der Waals surface area contributed by atoms with E-state index < -0.39 is 0 Å². The summed E-state index contributed by atoms with van der Waals surface area (Å²) in [6, 6.07) is 15.5. The Labute approximate surface area is 193 Å². The summed E-state index contributed by atoms with van der Waals surface area (Å²) in [6.07, 6.45) is 6.47. The van der Waals surface area contributed by atoms with Crippen LogP contribution in [0, 0.1) is 12.3 Å². The lowest BCUT2D eigenvalue weighted by Crippen LogP contribution is -2.82. The Hall–Kier alpha value is -3.84. The van der Waals surface area contributed by atoms with Crippen molar-refractivity contribution in [3.8, 4) is 11.5 Å². The topological polar surface area (TPSA) is 95.8 Å². The van der Waals surface area contributed by atoms with E-state index in [0.29, 0.717) is 29.4 Å². The van der Waals surface area contributed by atoms with Crippen LogP contribution in [0.2, 0.25) is 0 Å². The molecule has 1 aliphatic rings. The van der Waals surface area contributed by atoms with Crippen molar-refractivity contribution < 1.29 is 14.8 Å². The second-order valence-corrected chi connectivity index (χ2v) is 8.11. The van der Waals surface area contributed by atoms with Crippen LogP contribution in [0.15, 0.2) is 73.7 Å². The third-order valence-corrected chi connectivity index (χ3v) is 5.80. The predicted molar refractivity (Wildman–Crippen MR) is 127 cm³/mol. The van der Waals surface area contributed by atoms with Crippen LogP contribution in [0.25, 0.3) is 0 Å². The van der Waals surface area contributed by atoms with Crippen LogP contribution in [0.3, 0.4) is 0 Å². The SMILES string of the molecule is C=CC(=O)N1CCCC1C[NH2+]c1ncncc1C(=N)c1ccc(Oc2cccc(C)c2)cc1. The molecule has 1 atom stereocenters. The molecular weight excluding hydrogens is 414 g/mol. The Morgan fingerprint density at radius 1 is 1.27 bits per heavy atom. The zero-order valence-corrected chi connectivity index (χ0v) is 18.7. The van der Waals surface area contributed by atoms with E-state index in [9.17, 15) is 4.79 Å². The van der Waals surface area contributed by atoms with E-state index in [2.05, 4.69) is 16.5 Å². The highest BCUT2D eigenvalue weighted by Crippen LogP contribution is 2.23. The van der Waals surface area contributed by atoms with E-state index >= 15 is 0 Å². The lowest BCUT2D eigenvalue weighted by molar-refractivity contribution is -0.579. The third kappa shape index (κ3) is 5.32. The van der Waals surface area contributed by atoms with Crippen LogP contribution in [-0.4, -0.2) is 45.6 Å². The van der Waals surface area contributed by atoms with Crippen molar-refractivity contribution in [2.45, 2.75) is 25.8 Å². The largest absolute Gasteiger partial charge is 0.457 e. The van der Waals surface area contributed by atoms with Gasteiger partial charge >= 0.3 is 0 Å². The van der Waals surface area contributed by atoms with Crippen molar-refractivity contribution in [1.29, 1.82) is 5.41 Å². The summed E-state index contributed by atoms with van der Waals surface area (Å²) < 4.78 is 5.92. The van der Waals surface area contributed by atoms with Gasteiger partial charge in [-0.2, -0.15) is 4.98 Å². The Morgan fingerprint density at radius 3 is 2.85 bits per heavy atom. The molecule has 1 aromatic heterocycles. The molecule has 0 spiro atoms. The Morgan fingerprint density at radius 2 is 2.09 bits per heavy atom. The van der Waals surface area contributed by atoms with Crippen LogP contribution in [0.4, 0.5) is 5.82 Å². The quantitative estimate of drug-likeness (QED) is 0.413. The van der Waals surface area contributed by atoms with Crippen molar-refractivity contribution in [1.82, 2.24) is 14.9 Å². The maximum Gasteiger partial charge on any atom is 0.246 e. The van der Waals surface area contributed by atoms with Gasteiger partial charge in [0.05, 0.1) is 17.3 Å². The number of benzene rings is 2. The smallest absolute Gasteiger partial charge is 0.246 e. The molecule has 168 valence electrons. The molecule has 33 heavy (non-hydrogen) atoms. The lowest BCUT2D eigenvalue weighted by atomic mass is 10.0. The summed E-state index contributed by atoms with van der Waals surface area (Å²) in [5.74, 6) is 2.16. The highest BCUT2D eigenvalue weighted by atomic mass is 16.5. The Bertz CT molecular complexity index is 1160. The first-order valence-electron chi connectivity index (χ1n) is 11.1. The van der Waals surface area contributed by atoms with E-state index in [1.165, 1.54) is 12.4 Å². The van der Waals surface area contributed by atoms with Gasteiger partial charge in [0.15, 0.2) is 0 Å². The number of nitrogens with two attached hydrogens (primary N) is 1. The van der Waals surface area contributed by atoms with E-state index in [-0.39, 0.29) is 11.9 Å². The molecule has 1 unspecified atom stereocenters. The molecule has 3 aromatic rings. The predicted octanol–water partition coefficient (Wildman–Crippen LogP) is 3.37. The highest BCUT2D eigenvalue weighted by molar-refractivity contribution is 6.12. The number of carbonyl (C=O) groups is 1. The third-order valence-electron chi connectivity index (χ3n) is 5.80. The van der Waals surface area contributed by atoms with Crippen LogP contribution in [0.5, 0.6) is 11.5 Å². The number of rotatable bonds is 8. The first-order chi connectivity index (χ1) is 16.0. The number of amides is 1. The number of quaternary nitrogens is 1. The van der Waals surface area contributed by atoms with Crippen molar-refractivity contribution in [3.63, 3.8) is 0 Å². The van der Waals surface area contributed by atoms with Crippen molar-refractivity contribution in [2.75, 3.05) is 13.1 Å². The molecule has 2 aromatic carbocycles. The molecule has 0 bridgehead atoms. The first kappa shape index (κ1) is 22.4. The fourth-order valence-corrected chi connectivity index (χ4v) is 4.09. The normalized spacial score (nSPS) is 15.3. The highest BCUT2D eigenvalue weighted by Gasteiger charge is 2.29. The van der Waals surface area contributed by atoms with Gasteiger partial charge in [0.2, 0.25) is 11.7 Å². The summed E-state index contributed by atoms with van der Waals surface area (Å²) >= 11 is 0. The molecule has 3 N–H and O–H groups in total. The van der Waals surface area contributed by atoms with Gasteiger partial charge in [-0.05, 0) is 67.8 Å². The molecule has 1 aliphatic heterocycles. The minimum Gasteiger partial charge on any atom is -0.457 e. The van der Waals surface area contributed by atoms with Gasteiger partial charge < -0.3 is 9.64 Å². The molecule has 0 saturated carbocycles. The minimum absolute atomic E-state index is 0.0328.